The Labute approximate surface area is 114 Å². The standard InChI is InChI=1S/C12H15BrN2O3/c13-11-7-10(15(16)17)1-2-12(11)14-5-3-9-4-6-18-8-9/h1-2,7,9,14H,3-6,8H2. The van der Waals surface area contributed by atoms with Gasteiger partial charge in [-0.2, -0.15) is 0 Å². The molecule has 1 heterocycles. The average molecular weight is 315 g/mol. The van der Waals surface area contributed by atoms with Crippen LogP contribution in [0.2, 0.25) is 0 Å². The Morgan fingerprint density at radius 2 is 2.39 bits per heavy atom. The van der Waals surface area contributed by atoms with Crippen LogP contribution < -0.4 is 5.32 Å². The molecule has 98 valence electrons. The number of benzene rings is 1. The summed E-state index contributed by atoms with van der Waals surface area (Å²) < 4.78 is 6.04. The number of ether oxygens (including phenoxy) is 1. The van der Waals surface area contributed by atoms with Gasteiger partial charge in [0.15, 0.2) is 0 Å². The topological polar surface area (TPSA) is 64.4 Å². The molecule has 1 unspecified atom stereocenters. The third-order valence-electron chi connectivity index (χ3n) is 3.06. The van der Waals surface area contributed by atoms with Crippen molar-refractivity contribution in [2.75, 3.05) is 25.1 Å². The zero-order valence-electron chi connectivity index (χ0n) is 9.89. The number of rotatable bonds is 5. The molecule has 0 bridgehead atoms. The summed E-state index contributed by atoms with van der Waals surface area (Å²) in [5.41, 5.74) is 0.983. The van der Waals surface area contributed by atoms with Crippen molar-refractivity contribution in [1.29, 1.82) is 0 Å². The Bertz CT molecular complexity index is 433. The average Bonchev–Trinajstić information content (AvgIpc) is 2.84. The molecular formula is C12H15BrN2O3. The number of nitrogens with one attached hydrogen (secondary N) is 1. The Kier molecular flexibility index (Phi) is 4.54. The Morgan fingerprint density at radius 3 is 3.00 bits per heavy atom. The minimum absolute atomic E-state index is 0.0941. The van der Waals surface area contributed by atoms with E-state index in [9.17, 15) is 10.1 Å². The molecule has 1 N–H and O–H groups in total. The maximum Gasteiger partial charge on any atom is 0.270 e. The van der Waals surface area contributed by atoms with Gasteiger partial charge in [-0.1, -0.05) is 0 Å². The lowest BCUT2D eigenvalue weighted by Crippen LogP contribution is -2.09. The summed E-state index contributed by atoms with van der Waals surface area (Å²) in [7, 11) is 0. The van der Waals surface area contributed by atoms with Gasteiger partial charge in [-0.15, -0.1) is 0 Å². The van der Waals surface area contributed by atoms with Crippen LogP contribution in [0.1, 0.15) is 12.8 Å². The van der Waals surface area contributed by atoms with Gasteiger partial charge in [0.2, 0.25) is 0 Å². The Balaban J connectivity index is 1.87. The van der Waals surface area contributed by atoms with Gasteiger partial charge in [0.1, 0.15) is 0 Å². The number of nitro groups is 1. The quantitative estimate of drug-likeness (QED) is 0.669. The molecule has 0 saturated carbocycles. The van der Waals surface area contributed by atoms with Crippen molar-refractivity contribution in [2.24, 2.45) is 5.92 Å². The van der Waals surface area contributed by atoms with E-state index < -0.39 is 4.92 Å². The zero-order valence-corrected chi connectivity index (χ0v) is 11.5. The lowest BCUT2D eigenvalue weighted by Gasteiger charge is -2.11. The van der Waals surface area contributed by atoms with E-state index in [1.54, 1.807) is 6.07 Å². The number of nitrogens with zero attached hydrogens (tertiary/aromatic N) is 1. The van der Waals surface area contributed by atoms with E-state index in [1.165, 1.54) is 12.1 Å². The van der Waals surface area contributed by atoms with E-state index >= 15 is 0 Å². The van der Waals surface area contributed by atoms with Crippen LogP contribution in [0.5, 0.6) is 0 Å². The van der Waals surface area contributed by atoms with Crippen molar-refractivity contribution < 1.29 is 9.66 Å². The zero-order chi connectivity index (χ0) is 13.0. The van der Waals surface area contributed by atoms with E-state index in [0.717, 1.165) is 42.8 Å². The third kappa shape index (κ3) is 3.43. The Hall–Kier alpha value is -1.14. The molecule has 0 radical (unpaired) electrons. The van der Waals surface area contributed by atoms with Gasteiger partial charge >= 0.3 is 0 Å². The van der Waals surface area contributed by atoms with Crippen molar-refractivity contribution in [1.82, 2.24) is 0 Å². The van der Waals surface area contributed by atoms with Gasteiger partial charge in [0.25, 0.3) is 5.69 Å². The first-order valence-corrected chi connectivity index (χ1v) is 6.71. The van der Waals surface area contributed by atoms with E-state index in [2.05, 4.69) is 21.2 Å². The van der Waals surface area contributed by atoms with Gasteiger partial charge in [-0.25, -0.2) is 0 Å². The second kappa shape index (κ2) is 6.15. The van der Waals surface area contributed by atoms with Gasteiger partial charge in [-0.3, -0.25) is 10.1 Å². The first-order chi connectivity index (χ1) is 8.66. The van der Waals surface area contributed by atoms with Crippen molar-refractivity contribution in [3.8, 4) is 0 Å². The minimum Gasteiger partial charge on any atom is -0.384 e. The summed E-state index contributed by atoms with van der Waals surface area (Å²) in [5, 5.41) is 13.9. The SMILES string of the molecule is O=[N+]([O-])c1ccc(NCCC2CCOC2)c(Br)c1. The molecule has 0 amide bonds. The summed E-state index contributed by atoms with van der Waals surface area (Å²) in [5.74, 6) is 0.634. The fourth-order valence-electron chi connectivity index (χ4n) is 1.98. The molecule has 5 nitrogen and oxygen atoms in total. The first-order valence-electron chi connectivity index (χ1n) is 5.92. The van der Waals surface area contributed by atoms with Crippen LogP contribution in [0.25, 0.3) is 0 Å². The van der Waals surface area contributed by atoms with Crippen LogP contribution in [-0.2, 0) is 4.74 Å². The predicted molar refractivity (Wildman–Crippen MR) is 72.8 cm³/mol. The lowest BCUT2D eigenvalue weighted by molar-refractivity contribution is -0.384. The Morgan fingerprint density at radius 1 is 1.56 bits per heavy atom. The van der Waals surface area contributed by atoms with Gasteiger partial charge < -0.3 is 10.1 Å². The van der Waals surface area contributed by atoms with Crippen molar-refractivity contribution >= 4 is 27.3 Å². The molecule has 1 saturated heterocycles. The molecule has 1 fully saturated rings. The van der Waals surface area contributed by atoms with Crippen LogP contribution in [0, 0.1) is 16.0 Å². The predicted octanol–water partition coefficient (Wildman–Crippen LogP) is 3.20. The van der Waals surface area contributed by atoms with Gasteiger partial charge in [0, 0.05) is 42.1 Å². The monoisotopic (exact) mass is 314 g/mol. The van der Waals surface area contributed by atoms with Crippen LogP contribution >= 0.6 is 15.9 Å². The largest absolute Gasteiger partial charge is 0.384 e. The lowest BCUT2D eigenvalue weighted by atomic mass is 10.1. The normalized spacial score (nSPS) is 18.8. The van der Waals surface area contributed by atoms with Crippen molar-refractivity contribution in [3.63, 3.8) is 0 Å². The van der Waals surface area contributed by atoms with Crippen LogP contribution in [0.15, 0.2) is 22.7 Å². The highest BCUT2D eigenvalue weighted by Crippen LogP contribution is 2.27. The van der Waals surface area contributed by atoms with Crippen LogP contribution in [-0.4, -0.2) is 24.7 Å². The van der Waals surface area contributed by atoms with Crippen molar-refractivity contribution in [3.05, 3.63) is 32.8 Å². The molecule has 1 aromatic carbocycles. The fourth-order valence-corrected chi connectivity index (χ4v) is 2.49. The molecule has 6 heteroatoms. The van der Waals surface area contributed by atoms with Gasteiger partial charge in [-0.05, 0) is 40.8 Å². The number of halogens is 1. The highest BCUT2D eigenvalue weighted by Gasteiger charge is 2.15. The van der Waals surface area contributed by atoms with Gasteiger partial charge in [0.05, 0.1) is 4.92 Å². The van der Waals surface area contributed by atoms with E-state index in [1.807, 2.05) is 0 Å². The molecular weight excluding hydrogens is 300 g/mol. The molecule has 18 heavy (non-hydrogen) atoms. The smallest absolute Gasteiger partial charge is 0.270 e. The molecule has 1 atom stereocenters. The van der Waals surface area contributed by atoms with E-state index in [0.29, 0.717) is 5.92 Å². The number of hydrogen-bond acceptors (Lipinski definition) is 4. The van der Waals surface area contributed by atoms with Crippen molar-refractivity contribution in [2.45, 2.75) is 12.8 Å². The maximum absolute atomic E-state index is 10.6. The second-order valence-corrected chi connectivity index (χ2v) is 5.22. The molecule has 1 aromatic rings. The molecule has 0 aromatic heterocycles. The minimum atomic E-state index is -0.398. The second-order valence-electron chi connectivity index (χ2n) is 4.37. The van der Waals surface area contributed by atoms with E-state index in [4.69, 9.17) is 4.74 Å². The summed E-state index contributed by atoms with van der Waals surface area (Å²) in [4.78, 5) is 10.2. The number of anilines is 1. The number of hydrogen-bond donors (Lipinski definition) is 1. The molecule has 0 aliphatic carbocycles. The summed E-state index contributed by atoms with van der Waals surface area (Å²) >= 11 is 3.34. The van der Waals surface area contributed by atoms with E-state index in [-0.39, 0.29) is 5.69 Å². The summed E-state index contributed by atoms with van der Waals surface area (Å²) in [6, 6.07) is 4.75. The molecule has 1 aliphatic heterocycles. The van der Waals surface area contributed by atoms with Crippen LogP contribution in [0.4, 0.5) is 11.4 Å². The highest BCUT2D eigenvalue weighted by atomic mass is 79.9. The molecule has 0 spiro atoms. The summed E-state index contributed by atoms with van der Waals surface area (Å²) in [6.07, 6.45) is 2.19. The maximum atomic E-state index is 10.6. The third-order valence-corrected chi connectivity index (χ3v) is 3.71. The molecule has 2 rings (SSSR count). The fraction of sp³-hybridized carbons (Fsp3) is 0.500. The van der Waals surface area contributed by atoms with Crippen LogP contribution in [0.3, 0.4) is 0 Å². The number of nitro benzene ring substituents is 1. The molecule has 1 aliphatic rings. The highest BCUT2D eigenvalue weighted by molar-refractivity contribution is 9.10. The first kappa shape index (κ1) is 13.3. The number of non-ortho nitro benzene ring substituents is 1. The summed E-state index contributed by atoms with van der Waals surface area (Å²) in [6.45, 7) is 2.57.